The highest BCUT2D eigenvalue weighted by atomic mass is 16.1. The van der Waals surface area contributed by atoms with Crippen LogP contribution in [-0.4, -0.2) is 32.9 Å². The summed E-state index contributed by atoms with van der Waals surface area (Å²) in [6.07, 6.45) is 5.16. The average molecular weight is 234 g/mol. The minimum Gasteiger partial charge on any atom is -0.377 e. The van der Waals surface area contributed by atoms with Gasteiger partial charge in [0.05, 0.1) is 24.1 Å². The summed E-state index contributed by atoms with van der Waals surface area (Å²) >= 11 is 0. The van der Waals surface area contributed by atoms with Crippen LogP contribution in [0.5, 0.6) is 0 Å². The lowest BCUT2D eigenvalue weighted by Crippen LogP contribution is -2.23. The van der Waals surface area contributed by atoms with Crippen LogP contribution in [0.15, 0.2) is 24.7 Å². The van der Waals surface area contributed by atoms with E-state index >= 15 is 0 Å². The number of aromatic amines is 1. The van der Waals surface area contributed by atoms with Gasteiger partial charge in [0.1, 0.15) is 6.54 Å². The van der Waals surface area contributed by atoms with Gasteiger partial charge in [-0.05, 0) is 6.07 Å². The molecule has 0 fully saturated rings. The molecule has 1 amide bonds. The highest BCUT2D eigenvalue weighted by molar-refractivity contribution is 5.75. The van der Waals surface area contributed by atoms with Gasteiger partial charge in [0.15, 0.2) is 0 Å². The van der Waals surface area contributed by atoms with Crippen molar-refractivity contribution in [3.05, 3.63) is 30.4 Å². The molecule has 7 heteroatoms. The van der Waals surface area contributed by atoms with Crippen molar-refractivity contribution >= 4 is 11.6 Å². The first-order valence-corrected chi connectivity index (χ1v) is 5.23. The highest BCUT2D eigenvalue weighted by Crippen LogP contribution is 2.06. The van der Waals surface area contributed by atoms with Gasteiger partial charge in [-0.25, -0.2) is 0 Å². The van der Waals surface area contributed by atoms with Crippen LogP contribution in [0.3, 0.4) is 0 Å². The fourth-order valence-electron chi connectivity index (χ4n) is 1.35. The molecule has 0 aliphatic heterocycles. The van der Waals surface area contributed by atoms with E-state index in [0.717, 1.165) is 11.4 Å². The fraction of sp³-hybridized carbons (Fsp3) is 0.300. The van der Waals surface area contributed by atoms with E-state index in [1.807, 2.05) is 6.07 Å². The molecule has 7 nitrogen and oxygen atoms in total. The van der Waals surface area contributed by atoms with Crippen molar-refractivity contribution in [1.29, 1.82) is 0 Å². The molecular weight excluding hydrogens is 220 g/mol. The molecule has 0 aliphatic carbocycles. The molecule has 0 aliphatic rings. The van der Waals surface area contributed by atoms with Crippen LogP contribution in [0.4, 0.5) is 5.69 Å². The lowest BCUT2D eigenvalue weighted by atomic mass is 10.4. The minimum atomic E-state index is -0.0757. The minimum absolute atomic E-state index is 0.0757. The molecule has 0 saturated carbocycles. The van der Waals surface area contributed by atoms with E-state index in [9.17, 15) is 4.79 Å². The standard InChI is InChI=1S/C10H14N6O/c1-11-10(17)7-16-6-9(5-14-16)12-4-8-2-3-13-15-8/h2-3,5-6,12H,4,7H2,1H3,(H,11,17)(H,13,15). The molecule has 0 radical (unpaired) electrons. The Hall–Kier alpha value is -2.31. The average Bonchev–Trinajstić information content (AvgIpc) is 2.97. The van der Waals surface area contributed by atoms with Gasteiger partial charge < -0.3 is 10.6 Å². The van der Waals surface area contributed by atoms with E-state index in [1.165, 1.54) is 0 Å². The molecule has 0 saturated heterocycles. The first-order valence-electron chi connectivity index (χ1n) is 5.23. The normalized spacial score (nSPS) is 10.2. The number of likely N-dealkylation sites (N-methyl/N-ethyl adjacent to an activating group) is 1. The van der Waals surface area contributed by atoms with Crippen molar-refractivity contribution in [1.82, 2.24) is 25.3 Å². The Morgan fingerprint density at radius 3 is 3.18 bits per heavy atom. The van der Waals surface area contributed by atoms with E-state index in [0.29, 0.717) is 6.54 Å². The molecule has 0 aromatic carbocycles. The van der Waals surface area contributed by atoms with Crippen molar-refractivity contribution in [2.75, 3.05) is 12.4 Å². The summed E-state index contributed by atoms with van der Waals surface area (Å²) in [6, 6.07) is 1.89. The molecule has 0 unspecified atom stereocenters. The largest absolute Gasteiger partial charge is 0.377 e. The number of aromatic nitrogens is 4. The second-order valence-electron chi connectivity index (χ2n) is 3.54. The van der Waals surface area contributed by atoms with E-state index in [-0.39, 0.29) is 12.5 Å². The van der Waals surface area contributed by atoms with Gasteiger partial charge in [0.2, 0.25) is 5.91 Å². The predicted octanol–water partition coefficient (Wildman–Crippen LogP) is -0.0357. The summed E-state index contributed by atoms with van der Waals surface area (Å²) in [4.78, 5) is 11.1. The Morgan fingerprint density at radius 1 is 1.59 bits per heavy atom. The zero-order valence-electron chi connectivity index (χ0n) is 9.47. The topological polar surface area (TPSA) is 87.6 Å². The second-order valence-corrected chi connectivity index (χ2v) is 3.54. The van der Waals surface area contributed by atoms with Crippen molar-refractivity contribution in [3.8, 4) is 0 Å². The molecular formula is C10H14N6O. The van der Waals surface area contributed by atoms with E-state index in [1.54, 1.807) is 30.3 Å². The number of anilines is 1. The smallest absolute Gasteiger partial charge is 0.241 e. The van der Waals surface area contributed by atoms with Crippen LogP contribution < -0.4 is 10.6 Å². The summed E-state index contributed by atoms with van der Waals surface area (Å²) in [5, 5.41) is 16.5. The Morgan fingerprint density at radius 2 is 2.47 bits per heavy atom. The third kappa shape index (κ3) is 3.07. The summed E-state index contributed by atoms with van der Waals surface area (Å²) in [5.41, 5.74) is 1.85. The lowest BCUT2D eigenvalue weighted by molar-refractivity contribution is -0.121. The number of rotatable bonds is 5. The molecule has 2 rings (SSSR count). The maximum absolute atomic E-state index is 11.1. The zero-order chi connectivity index (χ0) is 12.1. The van der Waals surface area contributed by atoms with Crippen LogP contribution >= 0.6 is 0 Å². The molecule has 2 heterocycles. The van der Waals surface area contributed by atoms with Crippen molar-refractivity contribution in [2.24, 2.45) is 0 Å². The molecule has 0 spiro atoms. The third-order valence-electron chi connectivity index (χ3n) is 2.26. The van der Waals surface area contributed by atoms with Crippen molar-refractivity contribution < 1.29 is 4.79 Å². The van der Waals surface area contributed by atoms with Crippen LogP contribution in [0.2, 0.25) is 0 Å². The van der Waals surface area contributed by atoms with Crippen LogP contribution in [0.1, 0.15) is 5.69 Å². The number of carbonyl (C=O) groups is 1. The Kier molecular flexibility index (Phi) is 3.39. The second kappa shape index (κ2) is 5.15. The van der Waals surface area contributed by atoms with Gasteiger partial charge in [-0.1, -0.05) is 0 Å². The van der Waals surface area contributed by atoms with Gasteiger partial charge >= 0.3 is 0 Å². The number of hydrogen-bond acceptors (Lipinski definition) is 4. The van der Waals surface area contributed by atoms with Crippen molar-refractivity contribution in [2.45, 2.75) is 13.1 Å². The predicted molar refractivity (Wildman–Crippen MR) is 62.2 cm³/mol. The third-order valence-corrected chi connectivity index (χ3v) is 2.26. The number of amides is 1. The van der Waals surface area contributed by atoms with Gasteiger partial charge in [-0.2, -0.15) is 10.2 Å². The first-order chi connectivity index (χ1) is 8.28. The zero-order valence-corrected chi connectivity index (χ0v) is 9.47. The molecule has 90 valence electrons. The van der Waals surface area contributed by atoms with Crippen LogP contribution in [-0.2, 0) is 17.9 Å². The number of H-pyrrole nitrogens is 1. The number of nitrogens with one attached hydrogen (secondary N) is 3. The number of hydrogen-bond donors (Lipinski definition) is 3. The van der Waals surface area contributed by atoms with Crippen LogP contribution in [0, 0.1) is 0 Å². The molecule has 0 atom stereocenters. The molecule has 3 N–H and O–H groups in total. The SMILES string of the molecule is CNC(=O)Cn1cc(NCc2ccn[nH]2)cn1. The highest BCUT2D eigenvalue weighted by Gasteiger charge is 2.02. The monoisotopic (exact) mass is 234 g/mol. The van der Waals surface area contributed by atoms with Crippen molar-refractivity contribution in [3.63, 3.8) is 0 Å². The van der Waals surface area contributed by atoms with Gasteiger partial charge in [0.25, 0.3) is 0 Å². The first kappa shape index (κ1) is 11.2. The molecule has 17 heavy (non-hydrogen) atoms. The maximum atomic E-state index is 11.1. The molecule has 2 aromatic heterocycles. The number of nitrogens with zero attached hydrogens (tertiary/aromatic N) is 3. The Balaban J connectivity index is 1.88. The Bertz CT molecular complexity index is 475. The number of carbonyl (C=O) groups excluding carboxylic acids is 1. The lowest BCUT2D eigenvalue weighted by Gasteiger charge is -2.00. The molecule has 2 aromatic rings. The van der Waals surface area contributed by atoms with E-state index in [2.05, 4.69) is 25.9 Å². The Labute approximate surface area is 98.2 Å². The van der Waals surface area contributed by atoms with E-state index in [4.69, 9.17) is 0 Å². The summed E-state index contributed by atoms with van der Waals surface area (Å²) in [5.74, 6) is -0.0757. The molecule has 0 bridgehead atoms. The van der Waals surface area contributed by atoms with E-state index < -0.39 is 0 Å². The quantitative estimate of drug-likeness (QED) is 0.677. The maximum Gasteiger partial charge on any atom is 0.241 e. The summed E-state index contributed by atoms with van der Waals surface area (Å²) in [6.45, 7) is 0.869. The fourth-order valence-corrected chi connectivity index (χ4v) is 1.35. The summed E-state index contributed by atoms with van der Waals surface area (Å²) < 4.78 is 1.58. The van der Waals surface area contributed by atoms with Gasteiger partial charge in [-0.3, -0.25) is 14.6 Å². The van der Waals surface area contributed by atoms with Gasteiger partial charge in [-0.15, -0.1) is 0 Å². The summed E-state index contributed by atoms with van der Waals surface area (Å²) in [7, 11) is 1.60. The van der Waals surface area contributed by atoms with Gasteiger partial charge in [0, 0.05) is 19.4 Å². The van der Waals surface area contributed by atoms with Crippen LogP contribution in [0.25, 0.3) is 0 Å².